The Kier molecular flexibility index (Phi) is 3.73. The summed E-state index contributed by atoms with van der Waals surface area (Å²) >= 11 is 1.38. The molecule has 2 N–H and O–H groups in total. The molecule has 126 valence electrons. The van der Waals surface area contributed by atoms with E-state index in [4.69, 9.17) is 9.47 Å². The fraction of sp³-hybridized carbons (Fsp3) is 0.118. The lowest BCUT2D eigenvalue weighted by Crippen LogP contribution is -2.11. The van der Waals surface area contributed by atoms with Crippen molar-refractivity contribution in [1.29, 1.82) is 0 Å². The molecule has 0 saturated carbocycles. The van der Waals surface area contributed by atoms with Gasteiger partial charge in [0.05, 0.1) is 41.8 Å². The first-order chi connectivity index (χ1) is 12.2. The number of fused-ring (bicyclic) bond motifs is 2. The third-order valence-electron chi connectivity index (χ3n) is 3.80. The van der Waals surface area contributed by atoms with Gasteiger partial charge in [-0.1, -0.05) is 11.3 Å². The number of amides is 1. The summed E-state index contributed by atoms with van der Waals surface area (Å²) in [4.78, 5) is 24.1. The maximum Gasteiger partial charge on any atom is 0.257 e. The average molecular weight is 354 g/mol. The van der Waals surface area contributed by atoms with E-state index in [2.05, 4.69) is 20.3 Å². The number of benzene rings is 2. The number of imidazole rings is 1. The SMILES string of the molecule is COc1cc2nc(NC(=O)c3ccc4nc[nH]c4c3)sc2cc1OC. The van der Waals surface area contributed by atoms with E-state index in [0.29, 0.717) is 22.2 Å². The van der Waals surface area contributed by atoms with Crippen molar-refractivity contribution in [2.75, 3.05) is 19.5 Å². The third kappa shape index (κ3) is 2.76. The van der Waals surface area contributed by atoms with Crippen LogP contribution in [0, 0.1) is 0 Å². The number of carbonyl (C=O) groups excluding carboxylic acids is 1. The third-order valence-corrected chi connectivity index (χ3v) is 4.73. The number of anilines is 1. The molecule has 7 nitrogen and oxygen atoms in total. The van der Waals surface area contributed by atoms with Gasteiger partial charge in [-0.15, -0.1) is 0 Å². The van der Waals surface area contributed by atoms with Gasteiger partial charge in [0.2, 0.25) is 0 Å². The van der Waals surface area contributed by atoms with Crippen molar-refractivity contribution >= 4 is 43.6 Å². The molecule has 0 spiro atoms. The molecule has 0 fully saturated rings. The molecule has 25 heavy (non-hydrogen) atoms. The van der Waals surface area contributed by atoms with Gasteiger partial charge in [0.15, 0.2) is 16.6 Å². The van der Waals surface area contributed by atoms with Gasteiger partial charge in [0, 0.05) is 17.7 Å². The molecule has 0 radical (unpaired) electrons. The van der Waals surface area contributed by atoms with Crippen molar-refractivity contribution in [3.63, 3.8) is 0 Å². The number of ether oxygens (including phenoxy) is 2. The minimum absolute atomic E-state index is 0.227. The number of rotatable bonds is 4. The highest BCUT2D eigenvalue weighted by atomic mass is 32.1. The molecular formula is C17H14N4O3S. The van der Waals surface area contributed by atoms with Crippen molar-refractivity contribution in [2.45, 2.75) is 0 Å². The molecule has 8 heteroatoms. The zero-order chi connectivity index (χ0) is 17.4. The van der Waals surface area contributed by atoms with Crippen LogP contribution in [-0.2, 0) is 0 Å². The Labute approximate surface area is 146 Å². The number of hydrogen-bond acceptors (Lipinski definition) is 6. The summed E-state index contributed by atoms with van der Waals surface area (Å²) in [5, 5.41) is 3.35. The van der Waals surface area contributed by atoms with Crippen LogP contribution in [0.5, 0.6) is 11.5 Å². The first-order valence-corrected chi connectivity index (χ1v) is 8.26. The summed E-state index contributed by atoms with van der Waals surface area (Å²) in [6.07, 6.45) is 1.60. The molecule has 0 aliphatic rings. The summed E-state index contributed by atoms with van der Waals surface area (Å²) in [6, 6.07) is 8.93. The van der Waals surface area contributed by atoms with Crippen molar-refractivity contribution < 1.29 is 14.3 Å². The molecule has 0 bridgehead atoms. The lowest BCUT2D eigenvalue weighted by atomic mass is 10.2. The van der Waals surface area contributed by atoms with E-state index in [1.54, 1.807) is 44.8 Å². The lowest BCUT2D eigenvalue weighted by Gasteiger charge is -2.05. The summed E-state index contributed by atoms with van der Waals surface area (Å²) in [7, 11) is 3.16. The Morgan fingerprint density at radius 2 is 1.92 bits per heavy atom. The summed E-state index contributed by atoms with van der Waals surface area (Å²) < 4.78 is 11.5. The second kappa shape index (κ2) is 6.06. The second-order valence-corrected chi connectivity index (χ2v) is 6.31. The van der Waals surface area contributed by atoms with E-state index in [1.807, 2.05) is 6.07 Å². The maximum absolute atomic E-state index is 12.5. The largest absolute Gasteiger partial charge is 0.493 e. The molecule has 2 heterocycles. The van der Waals surface area contributed by atoms with E-state index in [0.717, 1.165) is 21.3 Å². The van der Waals surface area contributed by atoms with Gasteiger partial charge in [-0.25, -0.2) is 9.97 Å². The van der Waals surface area contributed by atoms with Crippen LogP contribution in [0.1, 0.15) is 10.4 Å². The Morgan fingerprint density at radius 1 is 1.12 bits per heavy atom. The minimum atomic E-state index is -0.227. The molecule has 0 aliphatic heterocycles. The van der Waals surface area contributed by atoms with Gasteiger partial charge in [0.25, 0.3) is 5.91 Å². The predicted octanol–water partition coefficient (Wildman–Crippen LogP) is 3.44. The zero-order valence-electron chi connectivity index (χ0n) is 13.5. The first kappa shape index (κ1) is 15.4. The molecule has 0 unspecified atom stereocenters. The number of H-pyrrole nitrogens is 1. The topological polar surface area (TPSA) is 89.1 Å². The number of hydrogen-bond donors (Lipinski definition) is 2. The van der Waals surface area contributed by atoms with Crippen LogP contribution in [-0.4, -0.2) is 35.1 Å². The highest BCUT2D eigenvalue weighted by molar-refractivity contribution is 7.22. The molecule has 2 aromatic heterocycles. The van der Waals surface area contributed by atoms with Crippen molar-refractivity contribution in [2.24, 2.45) is 0 Å². The van der Waals surface area contributed by atoms with Crippen LogP contribution in [0.4, 0.5) is 5.13 Å². The smallest absolute Gasteiger partial charge is 0.257 e. The average Bonchev–Trinajstić information content (AvgIpc) is 3.25. The van der Waals surface area contributed by atoms with Crippen LogP contribution >= 0.6 is 11.3 Å². The zero-order valence-corrected chi connectivity index (χ0v) is 14.3. The van der Waals surface area contributed by atoms with Gasteiger partial charge in [-0.3, -0.25) is 10.1 Å². The summed E-state index contributed by atoms with van der Waals surface area (Å²) in [6.45, 7) is 0. The number of aromatic amines is 1. The van der Waals surface area contributed by atoms with E-state index >= 15 is 0 Å². The predicted molar refractivity (Wildman–Crippen MR) is 96.8 cm³/mol. The van der Waals surface area contributed by atoms with Gasteiger partial charge >= 0.3 is 0 Å². The number of methoxy groups -OCH3 is 2. The molecule has 4 aromatic rings. The molecular weight excluding hydrogens is 340 g/mol. The Balaban J connectivity index is 1.64. The summed E-state index contributed by atoms with van der Waals surface area (Å²) in [5.74, 6) is 0.999. The molecule has 0 saturated heterocycles. The fourth-order valence-corrected chi connectivity index (χ4v) is 3.43. The Hall–Kier alpha value is -3.13. The minimum Gasteiger partial charge on any atom is -0.493 e. The van der Waals surface area contributed by atoms with Crippen LogP contribution in [0.15, 0.2) is 36.7 Å². The normalized spacial score (nSPS) is 11.0. The van der Waals surface area contributed by atoms with Gasteiger partial charge in [-0.05, 0) is 18.2 Å². The standard InChI is InChI=1S/C17H14N4O3S/c1-23-13-6-12-15(7-14(13)24-2)25-17(20-12)21-16(22)9-3-4-10-11(5-9)19-8-18-10/h3-8H,1-2H3,(H,18,19)(H,20,21,22). The van der Waals surface area contributed by atoms with E-state index in [-0.39, 0.29) is 5.91 Å². The number of aromatic nitrogens is 3. The highest BCUT2D eigenvalue weighted by Crippen LogP contribution is 2.36. The lowest BCUT2D eigenvalue weighted by molar-refractivity contribution is 0.102. The second-order valence-electron chi connectivity index (χ2n) is 5.28. The molecule has 2 aromatic carbocycles. The number of carbonyl (C=O) groups is 1. The van der Waals surface area contributed by atoms with E-state index in [1.165, 1.54) is 11.3 Å². The van der Waals surface area contributed by atoms with Gasteiger partial charge in [-0.2, -0.15) is 0 Å². The number of nitrogens with one attached hydrogen (secondary N) is 2. The maximum atomic E-state index is 12.5. The van der Waals surface area contributed by atoms with Crippen LogP contribution in [0.3, 0.4) is 0 Å². The van der Waals surface area contributed by atoms with E-state index < -0.39 is 0 Å². The molecule has 0 aliphatic carbocycles. The Bertz CT molecular complexity index is 1050. The summed E-state index contributed by atoms with van der Waals surface area (Å²) in [5.41, 5.74) is 2.90. The molecule has 4 rings (SSSR count). The monoisotopic (exact) mass is 354 g/mol. The van der Waals surface area contributed by atoms with Crippen molar-refractivity contribution in [1.82, 2.24) is 15.0 Å². The van der Waals surface area contributed by atoms with Crippen LogP contribution < -0.4 is 14.8 Å². The number of nitrogens with zero attached hydrogens (tertiary/aromatic N) is 2. The number of thiazole rings is 1. The van der Waals surface area contributed by atoms with Crippen LogP contribution in [0.25, 0.3) is 21.3 Å². The van der Waals surface area contributed by atoms with E-state index in [9.17, 15) is 4.79 Å². The highest BCUT2D eigenvalue weighted by Gasteiger charge is 2.14. The van der Waals surface area contributed by atoms with Crippen molar-refractivity contribution in [3.05, 3.63) is 42.2 Å². The quantitative estimate of drug-likeness (QED) is 0.586. The molecule has 0 atom stereocenters. The Morgan fingerprint density at radius 3 is 2.72 bits per heavy atom. The van der Waals surface area contributed by atoms with Crippen molar-refractivity contribution in [3.8, 4) is 11.5 Å². The van der Waals surface area contributed by atoms with Crippen LogP contribution in [0.2, 0.25) is 0 Å². The van der Waals surface area contributed by atoms with Gasteiger partial charge in [0.1, 0.15) is 0 Å². The fourth-order valence-electron chi connectivity index (χ4n) is 2.55. The van der Waals surface area contributed by atoms with Gasteiger partial charge < -0.3 is 14.5 Å². The first-order valence-electron chi connectivity index (χ1n) is 7.45. The molecule has 1 amide bonds.